The molecule has 0 bridgehead atoms. The Balaban J connectivity index is 2.88. The highest BCUT2D eigenvalue weighted by Gasteiger charge is 2.26. The van der Waals surface area contributed by atoms with Crippen LogP contribution in [0, 0.1) is 5.92 Å². The van der Waals surface area contributed by atoms with Crippen LogP contribution >= 0.6 is 0 Å². The van der Waals surface area contributed by atoms with Gasteiger partial charge in [-0.2, -0.15) is 0 Å². The first-order chi connectivity index (χ1) is 7.71. The first-order valence-corrected chi connectivity index (χ1v) is 6.50. The maximum Gasteiger partial charge on any atom is 0.0802 e. The first kappa shape index (κ1) is 14.5. The number of hydrogen-bond donors (Lipinski definition) is 2. The van der Waals surface area contributed by atoms with Gasteiger partial charge < -0.3 is 10.2 Å². The largest absolute Gasteiger partial charge is 0.390 e. The average Bonchev–Trinajstić information content (AvgIpc) is 2.14. The fourth-order valence-electron chi connectivity index (χ4n) is 2.19. The van der Waals surface area contributed by atoms with Gasteiger partial charge in [-0.05, 0) is 53.4 Å². The predicted molar refractivity (Wildman–Crippen MR) is 71.8 cm³/mol. The molecule has 0 spiro atoms. The molecule has 2 nitrogen and oxygen atoms in total. The fourth-order valence-corrected chi connectivity index (χ4v) is 2.19. The van der Waals surface area contributed by atoms with Gasteiger partial charge in [0.05, 0.1) is 11.2 Å². The third-order valence-electron chi connectivity index (χ3n) is 3.59. The average molecular weight is 238 g/mol. The van der Waals surface area contributed by atoms with Crippen LogP contribution in [-0.2, 0) is 0 Å². The van der Waals surface area contributed by atoms with Gasteiger partial charge in [-0.3, -0.25) is 0 Å². The molecule has 0 amide bonds. The van der Waals surface area contributed by atoms with E-state index in [4.69, 9.17) is 0 Å². The van der Waals surface area contributed by atoms with Crippen LogP contribution < -0.4 is 0 Å². The van der Waals surface area contributed by atoms with Crippen LogP contribution in [0.25, 0.3) is 0 Å². The van der Waals surface area contributed by atoms with Crippen LogP contribution in [0.1, 0.15) is 53.4 Å². The standard InChI is InChI=1S/C15H26O2/c1-12-6-5-10-15(4,17)11-9-13(8-7-12)14(2,3)16/h6,9,11,13,16-17H,5,7-8,10H2,1-4H3/b11-9+,12-6+/t13-,15?/m1/s1. The molecule has 17 heavy (non-hydrogen) atoms. The van der Waals surface area contributed by atoms with Gasteiger partial charge >= 0.3 is 0 Å². The number of rotatable bonds is 1. The van der Waals surface area contributed by atoms with E-state index < -0.39 is 11.2 Å². The van der Waals surface area contributed by atoms with Crippen molar-refractivity contribution in [3.05, 3.63) is 23.8 Å². The van der Waals surface area contributed by atoms with Crippen molar-refractivity contribution in [1.29, 1.82) is 0 Å². The zero-order valence-electron chi connectivity index (χ0n) is 11.5. The summed E-state index contributed by atoms with van der Waals surface area (Å²) in [5.74, 6) is 0.0930. The maximum absolute atomic E-state index is 10.2. The van der Waals surface area contributed by atoms with Gasteiger partial charge in [0.2, 0.25) is 0 Å². The minimum absolute atomic E-state index is 0.0930. The summed E-state index contributed by atoms with van der Waals surface area (Å²) in [4.78, 5) is 0. The molecule has 0 aromatic heterocycles. The van der Waals surface area contributed by atoms with Crippen molar-refractivity contribution in [3.8, 4) is 0 Å². The van der Waals surface area contributed by atoms with Crippen molar-refractivity contribution in [2.24, 2.45) is 5.92 Å². The summed E-state index contributed by atoms with van der Waals surface area (Å²) in [5, 5.41) is 20.3. The van der Waals surface area contributed by atoms with E-state index in [1.54, 1.807) is 0 Å². The Morgan fingerprint density at radius 1 is 1.41 bits per heavy atom. The molecule has 1 aliphatic carbocycles. The number of allylic oxidation sites excluding steroid dienone is 2. The summed E-state index contributed by atoms with van der Waals surface area (Å²) in [6.07, 6.45) is 9.63. The molecule has 2 heteroatoms. The van der Waals surface area contributed by atoms with E-state index in [9.17, 15) is 10.2 Å². The third-order valence-corrected chi connectivity index (χ3v) is 3.59. The molecule has 0 saturated carbocycles. The lowest BCUT2D eigenvalue weighted by Crippen LogP contribution is -2.31. The molecule has 98 valence electrons. The molecule has 1 unspecified atom stereocenters. The van der Waals surface area contributed by atoms with E-state index in [1.165, 1.54) is 5.57 Å². The highest BCUT2D eigenvalue weighted by atomic mass is 16.3. The summed E-state index contributed by atoms with van der Waals surface area (Å²) in [7, 11) is 0. The van der Waals surface area contributed by atoms with Crippen molar-refractivity contribution in [2.45, 2.75) is 64.6 Å². The Kier molecular flexibility index (Phi) is 4.56. The number of aliphatic hydroxyl groups is 2. The van der Waals surface area contributed by atoms with Gasteiger partial charge in [0, 0.05) is 5.92 Å². The van der Waals surface area contributed by atoms with Crippen molar-refractivity contribution < 1.29 is 10.2 Å². The van der Waals surface area contributed by atoms with Gasteiger partial charge in [0.25, 0.3) is 0 Å². The summed E-state index contributed by atoms with van der Waals surface area (Å²) in [6.45, 7) is 7.63. The van der Waals surface area contributed by atoms with Gasteiger partial charge in [0.15, 0.2) is 0 Å². The molecule has 0 fully saturated rings. The molecule has 0 radical (unpaired) electrons. The van der Waals surface area contributed by atoms with Gasteiger partial charge in [-0.1, -0.05) is 23.8 Å². The Morgan fingerprint density at radius 3 is 2.65 bits per heavy atom. The third kappa shape index (κ3) is 5.05. The molecular weight excluding hydrogens is 212 g/mol. The molecular formula is C15H26O2. The molecule has 0 aliphatic heterocycles. The van der Waals surface area contributed by atoms with Gasteiger partial charge in [-0.25, -0.2) is 0 Å². The first-order valence-electron chi connectivity index (χ1n) is 6.50. The van der Waals surface area contributed by atoms with Gasteiger partial charge in [-0.15, -0.1) is 0 Å². The summed E-state index contributed by atoms with van der Waals surface area (Å²) >= 11 is 0. The van der Waals surface area contributed by atoms with Crippen LogP contribution in [-0.4, -0.2) is 21.4 Å². The molecule has 0 aromatic rings. The Bertz CT molecular complexity index is 305. The highest BCUT2D eigenvalue weighted by molar-refractivity contribution is 5.09. The predicted octanol–water partition coefficient (Wildman–Crippen LogP) is 3.20. The molecule has 0 aromatic carbocycles. The smallest absolute Gasteiger partial charge is 0.0802 e. The second-order valence-corrected chi connectivity index (χ2v) is 6.10. The number of hydrogen-bond acceptors (Lipinski definition) is 2. The van der Waals surface area contributed by atoms with Gasteiger partial charge in [0.1, 0.15) is 0 Å². The lowest BCUT2D eigenvalue weighted by molar-refractivity contribution is 0.0321. The van der Waals surface area contributed by atoms with Crippen LogP contribution in [0.3, 0.4) is 0 Å². The molecule has 1 rings (SSSR count). The molecule has 1 aliphatic rings. The summed E-state index contributed by atoms with van der Waals surface area (Å²) in [6, 6.07) is 0. The second kappa shape index (κ2) is 5.36. The Morgan fingerprint density at radius 2 is 2.06 bits per heavy atom. The van der Waals surface area contributed by atoms with E-state index in [0.29, 0.717) is 0 Å². The topological polar surface area (TPSA) is 40.5 Å². The zero-order chi connectivity index (χ0) is 13.1. The summed E-state index contributed by atoms with van der Waals surface area (Å²) in [5.41, 5.74) is -0.144. The van der Waals surface area contributed by atoms with Crippen molar-refractivity contribution in [2.75, 3.05) is 0 Å². The monoisotopic (exact) mass is 238 g/mol. The maximum atomic E-state index is 10.2. The van der Waals surface area contributed by atoms with E-state index in [1.807, 2.05) is 32.9 Å². The molecule has 0 heterocycles. The minimum Gasteiger partial charge on any atom is -0.390 e. The van der Waals surface area contributed by atoms with Crippen molar-refractivity contribution in [1.82, 2.24) is 0 Å². The lowest BCUT2D eigenvalue weighted by Gasteiger charge is -2.29. The van der Waals surface area contributed by atoms with E-state index in [2.05, 4.69) is 13.0 Å². The second-order valence-electron chi connectivity index (χ2n) is 6.10. The lowest BCUT2D eigenvalue weighted by atomic mass is 9.83. The summed E-state index contributed by atoms with van der Waals surface area (Å²) < 4.78 is 0. The van der Waals surface area contributed by atoms with E-state index >= 15 is 0 Å². The van der Waals surface area contributed by atoms with Crippen LogP contribution in [0.5, 0.6) is 0 Å². The van der Waals surface area contributed by atoms with Crippen LogP contribution in [0.4, 0.5) is 0 Å². The highest BCUT2D eigenvalue weighted by Crippen LogP contribution is 2.28. The molecule has 2 atom stereocenters. The normalized spacial score (nSPS) is 37.1. The van der Waals surface area contributed by atoms with Crippen molar-refractivity contribution >= 4 is 0 Å². The van der Waals surface area contributed by atoms with Crippen LogP contribution in [0.2, 0.25) is 0 Å². The van der Waals surface area contributed by atoms with E-state index in [-0.39, 0.29) is 5.92 Å². The van der Waals surface area contributed by atoms with Crippen molar-refractivity contribution in [3.63, 3.8) is 0 Å². The van der Waals surface area contributed by atoms with E-state index in [0.717, 1.165) is 25.7 Å². The molecule has 0 saturated heterocycles. The SMILES string of the molecule is C/C1=C\CCC(C)(O)/C=C/[C@H](C(C)(C)O)CC1. The van der Waals surface area contributed by atoms with Crippen LogP contribution in [0.15, 0.2) is 23.8 Å². The zero-order valence-corrected chi connectivity index (χ0v) is 11.5. The molecule has 2 N–H and O–H groups in total. The Labute approximate surface area is 105 Å². The Hall–Kier alpha value is -0.600. The quantitative estimate of drug-likeness (QED) is 0.689. The minimum atomic E-state index is -0.766. The fraction of sp³-hybridized carbons (Fsp3) is 0.733.